The maximum Gasteiger partial charge on any atom is 0.313 e. The number of fused-ring (bicyclic) bond motifs is 1. The molecule has 3 unspecified atom stereocenters. The van der Waals surface area contributed by atoms with Gasteiger partial charge in [-0.3, -0.25) is 14.4 Å². The summed E-state index contributed by atoms with van der Waals surface area (Å²) in [5, 5.41) is 9.30. The average Bonchev–Trinajstić information content (AvgIpc) is 3.50. The molecule has 1 aromatic carbocycles. The van der Waals surface area contributed by atoms with E-state index in [0.29, 0.717) is 37.9 Å². The van der Waals surface area contributed by atoms with Crippen LogP contribution in [0.2, 0.25) is 0 Å². The smallest absolute Gasteiger partial charge is 0.313 e. The lowest BCUT2D eigenvalue weighted by atomic mass is 9.62. The third kappa shape index (κ3) is 5.26. The summed E-state index contributed by atoms with van der Waals surface area (Å²) >= 11 is 0. The molecular weight excluding hydrogens is 534 g/mol. The van der Waals surface area contributed by atoms with Gasteiger partial charge in [0.2, 0.25) is 5.91 Å². The van der Waals surface area contributed by atoms with Crippen LogP contribution in [0.15, 0.2) is 49.6 Å². The molecule has 3 saturated heterocycles. The van der Waals surface area contributed by atoms with E-state index in [1.54, 1.807) is 15.9 Å². The first-order chi connectivity index (χ1) is 20.1. The standard InChI is InChI=1S/C33H47N3O6/c1-7-18-35(25-16-14-24(15-17-25)34(9-3)10-4)30(39)28-33-22-23(5)32(6,42-33)27(31(40)41-21-8-2)26(33)29(38)36(28)19-12-11-13-20-37/h7-8,14-17,23,26-28,37H,1-2,9-13,18-22H2,3-6H3/t23?,26-,27-,28?,32+,33?/m0/s1. The van der Waals surface area contributed by atoms with E-state index >= 15 is 0 Å². The molecule has 1 N–H and O–H groups in total. The van der Waals surface area contributed by atoms with Gasteiger partial charge < -0.3 is 29.3 Å². The van der Waals surface area contributed by atoms with Crippen molar-refractivity contribution in [2.24, 2.45) is 17.8 Å². The molecule has 0 saturated carbocycles. The van der Waals surface area contributed by atoms with E-state index in [0.717, 1.165) is 18.8 Å². The largest absolute Gasteiger partial charge is 0.461 e. The minimum absolute atomic E-state index is 0.0392. The molecular formula is C33H47N3O6. The number of carbonyl (C=O) groups excluding carboxylic acids is 3. The lowest BCUT2D eigenvalue weighted by molar-refractivity contribution is -0.160. The number of anilines is 2. The molecule has 9 heteroatoms. The summed E-state index contributed by atoms with van der Waals surface area (Å²) < 4.78 is 12.3. The summed E-state index contributed by atoms with van der Waals surface area (Å²) in [7, 11) is 0. The molecule has 9 nitrogen and oxygen atoms in total. The van der Waals surface area contributed by atoms with Gasteiger partial charge in [0.15, 0.2) is 0 Å². The maximum atomic E-state index is 14.7. The number of hydrogen-bond acceptors (Lipinski definition) is 7. The SMILES string of the molecule is C=CCOC(=O)[C@@H]1[C@H]2C(=O)N(CCCCCO)C(C(=O)N(CC=C)c3ccc(N(CC)CC)cc3)C23CC(C)[C@@]1(C)O3. The van der Waals surface area contributed by atoms with Gasteiger partial charge in [0.1, 0.15) is 24.2 Å². The Bertz CT molecular complexity index is 1170. The molecule has 6 atom stereocenters. The van der Waals surface area contributed by atoms with E-state index in [4.69, 9.17) is 9.47 Å². The Labute approximate surface area is 250 Å². The van der Waals surface area contributed by atoms with Crippen LogP contribution < -0.4 is 9.80 Å². The molecule has 4 rings (SSSR count). The average molecular weight is 582 g/mol. The Morgan fingerprint density at radius 2 is 1.79 bits per heavy atom. The third-order valence-electron chi connectivity index (χ3n) is 9.57. The van der Waals surface area contributed by atoms with E-state index in [9.17, 15) is 19.5 Å². The van der Waals surface area contributed by atoms with Crippen molar-refractivity contribution in [3.05, 3.63) is 49.6 Å². The number of esters is 1. The Hall–Kier alpha value is -3.17. The first kappa shape index (κ1) is 31.8. The van der Waals surface area contributed by atoms with Gasteiger partial charge in [-0.15, -0.1) is 6.58 Å². The number of aliphatic hydroxyl groups excluding tert-OH is 1. The maximum absolute atomic E-state index is 14.7. The van der Waals surface area contributed by atoms with E-state index in [1.165, 1.54) is 6.08 Å². The van der Waals surface area contributed by atoms with E-state index in [2.05, 4.69) is 31.9 Å². The zero-order valence-electron chi connectivity index (χ0n) is 25.6. The summed E-state index contributed by atoms with van der Waals surface area (Å²) in [5.41, 5.74) is -0.320. The van der Waals surface area contributed by atoms with E-state index < -0.39 is 35.0 Å². The minimum Gasteiger partial charge on any atom is -0.461 e. The summed E-state index contributed by atoms with van der Waals surface area (Å²) in [6.45, 7) is 18.1. The molecule has 0 aliphatic carbocycles. The van der Waals surface area contributed by atoms with Crippen molar-refractivity contribution in [3.8, 4) is 0 Å². The summed E-state index contributed by atoms with van der Waals surface area (Å²) in [6.07, 6.45) is 5.61. The van der Waals surface area contributed by atoms with Crippen LogP contribution in [0.4, 0.5) is 11.4 Å². The van der Waals surface area contributed by atoms with Crippen LogP contribution in [0.1, 0.15) is 53.4 Å². The number of aliphatic hydroxyl groups is 1. The van der Waals surface area contributed by atoms with Crippen molar-refractivity contribution in [2.75, 3.05) is 49.2 Å². The molecule has 1 spiro atoms. The number of rotatable bonds is 15. The summed E-state index contributed by atoms with van der Waals surface area (Å²) in [4.78, 5) is 48.0. The van der Waals surface area contributed by atoms with Crippen LogP contribution in [-0.4, -0.2) is 84.4 Å². The van der Waals surface area contributed by atoms with Gasteiger partial charge in [-0.1, -0.05) is 25.7 Å². The molecule has 0 radical (unpaired) electrons. The minimum atomic E-state index is -1.16. The van der Waals surface area contributed by atoms with Crippen LogP contribution in [0.25, 0.3) is 0 Å². The highest BCUT2D eigenvalue weighted by atomic mass is 16.6. The number of likely N-dealkylation sites (tertiary alicyclic amines) is 1. The molecule has 0 aromatic heterocycles. The fraction of sp³-hybridized carbons (Fsp3) is 0.606. The van der Waals surface area contributed by atoms with Crippen molar-refractivity contribution in [1.29, 1.82) is 0 Å². The van der Waals surface area contributed by atoms with Crippen molar-refractivity contribution >= 4 is 29.2 Å². The molecule has 2 bridgehead atoms. The van der Waals surface area contributed by atoms with Crippen LogP contribution in [0.3, 0.4) is 0 Å². The van der Waals surface area contributed by atoms with Gasteiger partial charge in [-0.25, -0.2) is 0 Å². The zero-order valence-corrected chi connectivity index (χ0v) is 25.6. The van der Waals surface area contributed by atoms with Gasteiger partial charge in [0, 0.05) is 44.2 Å². The number of benzene rings is 1. The Kier molecular flexibility index (Phi) is 9.83. The monoisotopic (exact) mass is 581 g/mol. The number of unbranched alkanes of at least 4 members (excludes halogenated alkanes) is 2. The lowest BCUT2D eigenvalue weighted by Gasteiger charge is -2.37. The second-order valence-electron chi connectivity index (χ2n) is 11.9. The van der Waals surface area contributed by atoms with Gasteiger partial charge in [0.05, 0.1) is 11.5 Å². The highest BCUT2D eigenvalue weighted by molar-refractivity contribution is 6.05. The molecule has 3 aliphatic heterocycles. The molecule has 42 heavy (non-hydrogen) atoms. The van der Waals surface area contributed by atoms with Gasteiger partial charge in [-0.05, 0) is 76.6 Å². The number of ether oxygens (including phenoxy) is 2. The van der Waals surface area contributed by atoms with Gasteiger partial charge >= 0.3 is 5.97 Å². The highest BCUT2D eigenvalue weighted by Gasteiger charge is 2.80. The van der Waals surface area contributed by atoms with Crippen molar-refractivity contribution < 1.29 is 29.0 Å². The Morgan fingerprint density at radius 1 is 1.12 bits per heavy atom. The van der Waals surface area contributed by atoms with Crippen LogP contribution in [0, 0.1) is 17.8 Å². The predicted molar refractivity (Wildman–Crippen MR) is 163 cm³/mol. The fourth-order valence-electron chi connectivity index (χ4n) is 7.45. The second kappa shape index (κ2) is 13.0. The van der Waals surface area contributed by atoms with Gasteiger partial charge in [-0.2, -0.15) is 0 Å². The lowest BCUT2D eigenvalue weighted by Crippen LogP contribution is -2.57. The first-order valence-corrected chi connectivity index (χ1v) is 15.3. The van der Waals surface area contributed by atoms with Crippen molar-refractivity contribution in [1.82, 2.24) is 4.90 Å². The third-order valence-corrected chi connectivity index (χ3v) is 9.57. The predicted octanol–water partition coefficient (Wildman–Crippen LogP) is 3.95. The molecule has 1 aromatic rings. The normalized spacial score (nSPS) is 29.4. The summed E-state index contributed by atoms with van der Waals surface area (Å²) in [5.74, 6) is -2.71. The molecule has 2 amide bonds. The summed E-state index contributed by atoms with van der Waals surface area (Å²) in [6, 6.07) is 6.96. The quantitative estimate of drug-likeness (QED) is 0.190. The van der Waals surface area contributed by atoms with E-state index in [-0.39, 0.29) is 37.5 Å². The van der Waals surface area contributed by atoms with Crippen LogP contribution in [-0.2, 0) is 23.9 Å². The molecule has 3 aliphatic rings. The van der Waals surface area contributed by atoms with Crippen molar-refractivity contribution in [2.45, 2.75) is 70.6 Å². The number of nitrogens with zero attached hydrogens (tertiary/aromatic N) is 3. The van der Waals surface area contributed by atoms with E-state index in [1.807, 2.05) is 38.1 Å². The number of amides is 2. The molecule has 3 heterocycles. The molecule has 3 fully saturated rings. The number of carbonyl (C=O) groups is 3. The Morgan fingerprint density at radius 3 is 2.38 bits per heavy atom. The fourth-order valence-corrected chi connectivity index (χ4v) is 7.45. The van der Waals surface area contributed by atoms with Crippen molar-refractivity contribution in [3.63, 3.8) is 0 Å². The highest BCUT2D eigenvalue weighted by Crippen LogP contribution is 2.65. The van der Waals surface area contributed by atoms with Gasteiger partial charge in [0.25, 0.3) is 5.91 Å². The topological polar surface area (TPSA) is 99.6 Å². The molecule has 230 valence electrons. The zero-order chi connectivity index (χ0) is 30.7. The Balaban J connectivity index is 1.76. The first-order valence-electron chi connectivity index (χ1n) is 15.3. The second-order valence-corrected chi connectivity index (χ2v) is 11.9. The van der Waals surface area contributed by atoms with Crippen LogP contribution in [0.5, 0.6) is 0 Å². The number of hydrogen-bond donors (Lipinski definition) is 1. The van der Waals surface area contributed by atoms with Crippen LogP contribution >= 0.6 is 0 Å².